The Bertz CT molecular complexity index is 1090. The molecular weight excluding hydrogens is 428 g/mol. The number of non-ortho nitro benzene ring substituents is 1. The number of aliphatic hydroxyl groups is 1. The normalized spacial score (nSPS) is 17.6. The lowest BCUT2D eigenvalue weighted by molar-refractivity contribution is -0.384. The molecule has 0 spiro atoms. The molecule has 9 nitrogen and oxygen atoms in total. The molecule has 0 radical (unpaired) electrons. The van der Waals surface area contributed by atoms with Gasteiger partial charge in [0.25, 0.3) is 17.4 Å². The lowest BCUT2D eigenvalue weighted by Gasteiger charge is -2.25. The van der Waals surface area contributed by atoms with Crippen molar-refractivity contribution in [3.63, 3.8) is 0 Å². The fraction of sp³-hybridized carbons (Fsp3) is 0.333. The Hall–Kier alpha value is -3.72. The van der Waals surface area contributed by atoms with E-state index in [0.717, 1.165) is 0 Å². The number of aliphatic hydroxyl groups excluding tert-OH is 1. The van der Waals surface area contributed by atoms with E-state index in [0.29, 0.717) is 29.9 Å². The zero-order valence-corrected chi connectivity index (χ0v) is 18.7. The molecule has 1 heterocycles. The topological polar surface area (TPSA) is 119 Å². The summed E-state index contributed by atoms with van der Waals surface area (Å²) >= 11 is 0. The molecule has 1 aliphatic rings. The van der Waals surface area contributed by atoms with Gasteiger partial charge in [-0.3, -0.25) is 19.7 Å². The average molecular weight is 454 g/mol. The fourth-order valence-electron chi connectivity index (χ4n) is 3.75. The van der Waals surface area contributed by atoms with Crippen molar-refractivity contribution in [2.24, 2.45) is 0 Å². The molecule has 0 unspecified atom stereocenters. The molecule has 1 amide bonds. The highest BCUT2D eigenvalue weighted by Gasteiger charge is 2.46. The van der Waals surface area contributed by atoms with Crippen LogP contribution in [0, 0.1) is 10.1 Å². The van der Waals surface area contributed by atoms with Crippen molar-refractivity contribution in [3.8, 4) is 5.75 Å². The zero-order chi connectivity index (χ0) is 24.1. The third-order valence-electron chi connectivity index (χ3n) is 5.27. The number of rotatable bonds is 9. The molecule has 0 bridgehead atoms. The predicted molar refractivity (Wildman–Crippen MR) is 121 cm³/mol. The summed E-state index contributed by atoms with van der Waals surface area (Å²) in [4.78, 5) is 38.1. The number of nitrogens with zero attached hydrogens (tertiary/aromatic N) is 2. The maximum atomic E-state index is 13.0. The Morgan fingerprint density at radius 1 is 1.18 bits per heavy atom. The summed E-state index contributed by atoms with van der Waals surface area (Å²) in [6.45, 7) is 4.34. The lowest BCUT2D eigenvalue weighted by atomic mass is 9.95. The molecule has 1 atom stereocenters. The van der Waals surface area contributed by atoms with Gasteiger partial charge in [-0.25, -0.2) is 0 Å². The molecule has 1 N–H and O–H groups in total. The Morgan fingerprint density at radius 2 is 1.91 bits per heavy atom. The third-order valence-corrected chi connectivity index (χ3v) is 5.27. The van der Waals surface area contributed by atoms with E-state index >= 15 is 0 Å². The molecule has 0 aliphatic carbocycles. The number of ether oxygens (including phenoxy) is 2. The second-order valence-electron chi connectivity index (χ2n) is 7.85. The molecule has 2 aromatic rings. The van der Waals surface area contributed by atoms with Gasteiger partial charge in [0.2, 0.25) is 0 Å². The highest BCUT2D eigenvalue weighted by molar-refractivity contribution is 6.46. The number of hydrogen-bond acceptors (Lipinski definition) is 7. The van der Waals surface area contributed by atoms with Crippen LogP contribution in [0.2, 0.25) is 0 Å². The lowest BCUT2D eigenvalue weighted by Crippen LogP contribution is -2.31. The number of Topliss-reactive ketones (excluding diaryl/α,β-unsaturated/α-hetero) is 1. The largest absolute Gasteiger partial charge is 0.507 e. The molecule has 1 aliphatic heterocycles. The van der Waals surface area contributed by atoms with E-state index in [1.54, 1.807) is 30.3 Å². The molecular formula is C24H26N2O7. The van der Waals surface area contributed by atoms with Crippen LogP contribution in [0.1, 0.15) is 37.4 Å². The standard InChI is InChI=1S/C24H26N2O7/c1-15(2)33-12-6-11-25-21(16-7-4-9-18(13-16)26(30)31)20(23(28)24(25)29)22(27)17-8-5-10-19(14-17)32-3/h4-5,7-10,13-15,21,27H,6,11-12H2,1-3H3/t21-/m0/s1. The molecule has 2 aromatic carbocycles. The molecule has 0 saturated carbocycles. The summed E-state index contributed by atoms with van der Waals surface area (Å²) in [6.07, 6.45) is 0.469. The van der Waals surface area contributed by atoms with Crippen LogP contribution >= 0.6 is 0 Å². The van der Waals surface area contributed by atoms with E-state index < -0.39 is 22.7 Å². The van der Waals surface area contributed by atoms with Crippen LogP contribution in [0.3, 0.4) is 0 Å². The molecule has 9 heteroatoms. The van der Waals surface area contributed by atoms with Crippen LogP contribution in [0.15, 0.2) is 54.1 Å². The Balaban J connectivity index is 2.09. The van der Waals surface area contributed by atoms with Gasteiger partial charge < -0.3 is 19.5 Å². The van der Waals surface area contributed by atoms with Crippen molar-refractivity contribution in [1.29, 1.82) is 0 Å². The van der Waals surface area contributed by atoms with Gasteiger partial charge in [-0.15, -0.1) is 0 Å². The van der Waals surface area contributed by atoms with Crippen molar-refractivity contribution < 1.29 is 29.1 Å². The van der Waals surface area contributed by atoms with Crippen LogP contribution < -0.4 is 4.74 Å². The van der Waals surface area contributed by atoms with Crippen LogP contribution in [0.4, 0.5) is 5.69 Å². The van der Waals surface area contributed by atoms with Gasteiger partial charge in [-0.2, -0.15) is 0 Å². The zero-order valence-electron chi connectivity index (χ0n) is 18.7. The SMILES string of the molecule is COc1cccc(C(O)=C2C(=O)C(=O)N(CCCOC(C)C)[C@H]2c2cccc([N+](=O)[O-])c2)c1. The molecule has 3 rings (SSSR count). The minimum absolute atomic E-state index is 0.0149. The number of methoxy groups -OCH3 is 1. The summed E-state index contributed by atoms with van der Waals surface area (Å²) in [5, 5.41) is 22.4. The maximum absolute atomic E-state index is 13.0. The van der Waals surface area contributed by atoms with Crippen LogP contribution in [-0.2, 0) is 14.3 Å². The summed E-state index contributed by atoms with van der Waals surface area (Å²) in [5.41, 5.74) is 0.352. The first-order valence-electron chi connectivity index (χ1n) is 10.5. The number of hydrogen-bond donors (Lipinski definition) is 1. The summed E-state index contributed by atoms with van der Waals surface area (Å²) in [6, 6.07) is 11.2. The van der Waals surface area contributed by atoms with Crippen molar-refractivity contribution in [2.45, 2.75) is 32.4 Å². The maximum Gasteiger partial charge on any atom is 0.295 e. The first-order valence-corrected chi connectivity index (χ1v) is 10.5. The van der Waals surface area contributed by atoms with Crippen molar-refractivity contribution >= 4 is 23.1 Å². The summed E-state index contributed by atoms with van der Waals surface area (Å²) in [5.74, 6) is -1.53. The Kier molecular flexibility index (Phi) is 7.44. The van der Waals surface area contributed by atoms with Crippen molar-refractivity contribution in [2.75, 3.05) is 20.3 Å². The van der Waals surface area contributed by atoms with Gasteiger partial charge in [-0.05, 0) is 38.0 Å². The van der Waals surface area contributed by atoms with Gasteiger partial charge in [0, 0.05) is 30.8 Å². The number of nitro groups is 1. The van der Waals surface area contributed by atoms with Gasteiger partial charge in [0.05, 0.1) is 29.8 Å². The third kappa shape index (κ3) is 5.20. The van der Waals surface area contributed by atoms with Gasteiger partial charge in [-0.1, -0.05) is 24.3 Å². The van der Waals surface area contributed by atoms with Crippen LogP contribution in [0.5, 0.6) is 5.75 Å². The number of benzene rings is 2. The van der Waals surface area contributed by atoms with Crippen LogP contribution in [0.25, 0.3) is 5.76 Å². The summed E-state index contributed by atoms with van der Waals surface area (Å²) in [7, 11) is 1.47. The number of carbonyl (C=O) groups is 2. The Labute approximate surface area is 191 Å². The second kappa shape index (κ2) is 10.3. The highest BCUT2D eigenvalue weighted by Crippen LogP contribution is 2.40. The number of amides is 1. The summed E-state index contributed by atoms with van der Waals surface area (Å²) < 4.78 is 10.7. The number of ketones is 1. The van der Waals surface area contributed by atoms with E-state index in [-0.39, 0.29) is 29.7 Å². The minimum atomic E-state index is -0.977. The molecule has 174 valence electrons. The smallest absolute Gasteiger partial charge is 0.295 e. The fourth-order valence-corrected chi connectivity index (χ4v) is 3.75. The second-order valence-corrected chi connectivity index (χ2v) is 7.85. The van der Waals surface area contributed by atoms with Gasteiger partial charge in [0.1, 0.15) is 11.5 Å². The average Bonchev–Trinajstić information content (AvgIpc) is 3.06. The van der Waals surface area contributed by atoms with Gasteiger partial charge in [0.15, 0.2) is 0 Å². The first-order chi connectivity index (χ1) is 15.7. The number of likely N-dealkylation sites (tertiary alicyclic amines) is 1. The molecule has 1 saturated heterocycles. The van der Waals surface area contributed by atoms with E-state index in [1.807, 2.05) is 13.8 Å². The quantitative estimate of drug-likeness (QED) is 0.153. The van der Waals surface area contributed by atoms with Crippen LogP contribution in [-0.4, -0.2) is 53.0 Å². The number of carbonyl (C=O) groups excluding carboxylic acids is 2. The van der Waals surface area contributed by atoms with Crippen molar-refractivity contribution in [3.05, 3.63) is 75.3 Å². The van der Waals surface area contributed by atoms with Gasteiger partial charge >= 0.3 is 0 Å². The van der Waals surface area contributed by atoms with Crippen molar-refractivity contribution in [1.82, 2.24) is 4.90 Å². The molecule has 33 heavy (non-hydrogen) atoms. The van der Waals surface area contributed by atoms with E-state index in [2.05, 4.69) is 0 Å². The number of nitro benzene ring substituents is 1. The Morgan fingerprint density at radius 3 is 2.58 bits per heavy atom. The predicted octanol–water partition coefficient (Wildman–Crippen LogP) is 3.84. The monoisotopic (exact) mass is 454 g/mol. The van der Waals surface area contributed by atoms with E-state index in [4.69, 9.17) is 9.47 Å². The first kappa shape index (κ1) is 23.9. The van der Waals surface area contributed by atoms with E-state index in [9.17, 15) is 24.8 Å². The minimum Gasteiger partial charge on any atom is -0.507 e. The highest BCUT2D eigenvalue weighted by atomic mass is 16.6. The molecule has 1 fully saturated rings. The molecule has 0 aromatic heterocycles. The van der Waals surface area contributed by atoms with E-state index in [1.165, 1.54) is 30.2 Å².